The fraction of sp³-hybridized carbons (Fsp3) is 0.300. The van der Waals surface area contributed by atoms with E-state index in [0.717, 1.165) is 22.5 Å². The normalized spacial score (nSPS) is 20.9. The first kappa shape index (κ1) is 17.1. The molecule has 4 aromatic heterocycles. The van der Waals surface area contributed by atoms with Gasteiger partial charge in [0.25, 0.3) is 0 Å². The van der Waals surface area contributed by atoms with Crippen LogP contribution in [-0.2, 0) is 12.6 Å². The highest BCUT2D eigenvalue weighted by atomic mass is 15.3. The quantitative estimate of drug-likeness (QED) is 0.505. The molecular formula is C20H17N9. The van der Waals surface area contributed by atoms with E-state index in [9.17, 15) is 5.26 Å². The first-order valence-corrected chi connectivity index (χ1v) is 9.23. The van der Waals surface area contributed by atoms with E-state index in [1.165, 1.54) is 6.33 Å². The maximum Gasteiger partial charge on any atom is 0.237 e. The van der Waals surface area contributed by atoms with Gasteiger partial charge in [-0.1, -0.05) is 0 Å². The third kappa shape index (κ3) is 2.67. The van der Waals surface area contributed by atoms with Crippen molar-refractivity contribution in [2.24, 2.45) is 13.0 Å². The number of hydrogen-bond donors (Lipinski definition) is 0. The van der Waals surface area contributed by atoms with E-state index in [2.05, 4.69) is 30.7 Å². The van der Waals surface area contributed by atoms with Gasteiger partial charge in [-0.3, -0.25) is 4.68 Å². The predicted molar refractivity (Wildman–Crippen MR) is 104 cm³/mol. The standard InChI is InChI=1S/C20H17N9/c1-22-12-20(5-14(6-20)7-21)28-4-3-15(10-28)18-19-23-13-25-29(19)11-17(26-18)16-8-24-27(2)9-16/h3-4,8-11,13-14H,5-6,12H2,2H3. The molecule has 9 heteroatoms. The summed E-state index contributed by atoms with van der Waals surface area (Å²) >= 11 is 0. The van der Waals surface area contributed by atoms with Crippen LogP contribution < -0.4 is 0 Å². The summed E-state index contributed by atoms with van der Waals surface area (Å²) in [6.45, 7) is 7.70. The van der Waals surface area contributed by atoms with Gasteiger partial charge in [0, 0.05) is 36.8 Å². The molecular weight excluding hydrogens is 366 g/mol. The highest BCUT2D eigenvalue weighted by molar-refractivity contribution is 5.75. The monoisotopic (exact) mass is 383 g/mol. The molecule has 29 heavy (non-hydrogen) atoms. The molecule has 4 aromatic rings. The maximum absolute atomic E-state index is 9.18. The van der Waals surface area contributed by atoms with Gasteiger partial charge in [-0.15, -0.1) is 0 Å². The number of rotatable bonds is 4. The molecule has 0 unspecified atom stereocenters. The second-order valence-corrected chi connectivity index (χ2v) is 7.49. The van der Waals surface area contributed by atoms with Crippen molar-refractivity contribution in [3.05, 3.63) is 54.8 Å². The fourth-order valence-corrected chi connectivity index (χ4v) is 4.06. The van der Waals surface area contributed by atoms with E-state index in [1.807, 2.05) is 37.9 Å². The largest absolute Gasteiger partial charge is 0.340 e. The molecule has 4 heterocycles. The Hall–Kier alpha value is -3.98. The molecule has 0 spiro atoms. The third-order valence-electron chi connectivity index (χ3n) is 5.59. The number of fused-ring (bicyclic) bond motifs is 1. The van der Waals surface area contributed by atoms with E-state index in [-0.39, 0.29) is 11.5 Å². The summed E-state index contributed by atoms with van der Waals surface area (Å²) in [7, 11) is 1.86. The average Bonchev–Trinajstić information content (AvgIpc) is 3.43. The van der Waals surface area contributed by atoms with Crippen LogP contribution in [0.1, 0.15) is 12.8 Å². The number of hydrogen-bond acceptors (Lipinski definition) is 5. The van der Waals surface area contributed by atoms with Crippen LogP contribution in [0.4, 0.5) is 0 Å². The molecule has 0 bridgehead atoms. The molecule has 0 radical (unpaired) electrons. The Morgan fingerprint density at radius 3 is 2.86 bits per heavy atom. The summed E-state index contributed by atoms with van der Waals surface area (Å²) in [6, 6.07) is 4.29. The number of aryl methyl sites for hydroxylation is 1. The molecule has 1 saturated carbocycles. The minimum Gasteiger partial charge on any atom is -0.340 e. The van der Waals surface area contributed by atoms with Crippen molar-refractivity contribution in [1.29, 1.82) is 5.26 Å². The van der Waals surface area contributed by atoms with Crippen molar-refractivity contribution >= 4 is 5.65 Å². The van der Waals surface area contributed by atoms with E-state index in [4.69, 9.17) is 11.6 Å². The van der Waals surface area contributed by atoms with Gasteiger partial charge in [0.1, 0.15) is 17.6 Å². The van der Waals surface area contributed by atoms with Crippen LogP contribution in [0.5, 0.6) is 0 Å². The number of aromatic nitrogens is 7. The van der Waals surface area contributed by atoms with Crippen LogP contribution in [-0.4, -0.2) is 40.5 Å². The first-order valence-electron chi connectivity index (χ1n) is 9.23. The lowest BCUT2D eigenvalue weighted by atomic mass is 9.68. The Labute approximate surface area is 166 Å². The summed E-state index contributed by atoms with van der Waals surface area (Å²) in [5.74, 6) is 0.0119. The molecule has 0 N–H and O–H groups in total. The molecule has 1 aliphatic rings. The minimum absolute atomic E-state index is 0.0119. The first-order chi connectivity index (χ1) is 14.1. The molecule has 0 atom stereocenters. The van der Waals surface area contributed by atoms with Gasteiger partial charge in [-0.05, 0) is 18.9 Å². The highest BCUT2D eigenvalue weighted by Gasteiger charge is 2.48. The second-order valence-electron chi connectivity index (χ2n) is 7.49. The van der Waals surface area contributed by atoms with Gasteiger partial charge in [0.05, 0.1) is 30.1 Å². The summed E-state index contributed by atoms with van der Waals surface area (Å²) < 4.78 is 5.51. The lowest BCUT2D eigenvalue weighted by Crippen LogP contribution is -2.47. The highest BCUT2D eigenvalue weighted by Crippen LogP contribution is 2.45. The molecule has 9 nitrogen and oxygen atoms in total. The summed E-state index contributed by atoms with van der Waals surface area (Å²) in [5, 5.41) is 17.7. The van der Waals surface area contributed by atoms with E-state index in [1.54, 1.807) is 15.4 Å². The van der Waals surface area contributed by atoms with Crippen molar-refractivity contribution in [2.45, 2.75) is 18.4 Å². The molecule has 0 saturated heterocycles. The minimum atomic E-state index is -0.314. The van der Waals surface area contributed by atoms with Crippen molar-refractivity contribution in [1.82, 2.24) is 33.9 Å². The Balaban J connectivity index is 1.59. The predicted octanol–water partition coefficient (Wildman–Crippen LogP) is 2.54. The fourth-order valence-electron chi connectivity index (χ4n) is 4.06. The second kappa shape index (κ2) is 6.28. The van der Waals surface area contributed by atoms with Crippen LogP contribution in [0.3, 0.4) is 0 Å². The SMILES string of the molecule is [C-]#[N+]CC1(n2ccc(-c3nc(-c4cnn(C)c4)cn4ncnc34)c2)CC(C#N)C1. The Bertz CT molecular complexity index is 1290. The van der Waals surface area contributed by atoms with Crippen LogP contribution in [0, 0.1) is 23.8 Å². The topological polar surface area (TPSA) is 94.0 Å². The zero-order valence-electron chi connectivity index (χ0n) is 15.8. The zero-order valence-corrected chi connectivity index (χ0v) is 15.8. The van der Waals surface area contributed by atoms with E-state index >= 15 is 0 Å². The van der Waals surface area contributed by atoms with Gasteiger partial charge in [0.2, 0.25) is 6.54 Å². The van der Waals surface area contributed by atoms with Gasteiger partial charge in [-0.25, -0.2) is 21.1 Å². The van der Waals surface area contributed by atoms with E-state index < -0.39 is 0 Å². The van der Waals surface area contributed by atoms with Gasteiger partial charge < -0.3 is 9.41 Å². The molecule has 0 aromatic carbocycles. The van der Waals surface area contributed by atoms with Gasteiger partial charge >= 0.3 is 0 Å². The van der Waals surface area contributed by atoms with Crippen LogP contribution in [0.25, 0.3) is 33.0 Å². The zero-order chi connectivity index (χ0) is 20.0. The van der Waals surface area contributed by atoms with Crippen LogP contribution in [0.15, 0.2) is 43.4 Å². The smallest absolute Gasteiger partial charge is 0.237 e. The Kier molecular flexibility index (Phi) is 3.71. The molecule has 1 aliphatic carbocycles. The van der Waals surface area contributed by atoms with E-state index in [0.29, 0.717) is 25.0 Å². The van der Waals surface area contributed by atoms with Crippen LogP contribution in [0.2, 0.25) is 0 Å². The maximum atomic E-state index is 9.18. The molecule has 1 fully saturated rings. The van der Waals surface area contributed by atoms with Crippen molar-refractivity contribution in [2.75, 3.05) is 6.54 Å². The molecule has 5 rings (SSSR count). The van der Waals surface area contributed by atoms with Gasteiger partial charge in [-0.2, -0.15) is 15.5 Å². The van der Waals surface area contributed by atoms with Crippen molar-refractivity contribution in [3.8, 4) is 28.6 Å². The summed E-state index contributed by atoms with van der Waals surface area (Å²) in [6.07, 6.45) is 12.4. The summed E-state index contributed by atoms with van der Waals surface area (Å²) in [4.78, 5) is 12.8. The van der Waals surface area contributed by atoms with Crippen molar-refractivity contribution in [3.63, 3.8) is 0 Å². The number of nitrogens with zero attached hydrogens (tertiary/aromatic N) is 9. The lowest BCUT2D eigenvalue weighted by molar-refractivity contribution is 0.117. The molecule has 0 amide bonds. The van der Waals surface area contributed by atoms with Crippen LogP contribution >= 0.6 is 0 Å². The molecule has 142 valence electrons. The summed E-state index contributed by atoms with van der Waals surface area (Å²) in [5.41, 5.74) is 3.62. The Morgan fingerprint density at radius 1 is 1.28 bits per heavy atom. The van der Waals surface area contributed by atoms with Crippen molar-refractivity contribution < 1.29 is 0 Å². The lowest BCUT2D eigenvalue weighted by Gasteiger charge is -2.42. The Morgan fingerprint density at radius 2 is 2.14 bits per heavy atom. The third-order valence-corrected chi connectivity index (χ3v) is 5.59. The number of nitriles is 1. The average molecular weight is 383 g/mol. The molecule has 0 aliphatic heterocycles. The van der Waals surface area contributed by atoms with Gasteiger partial charge in [0.15, 0.2) is 5.65 Å².